The van der Waals surface area contributed by atoms with E-state index < -0.39 is 12.1 Å². The maximum absolute atomic E-state index is 12.7. The van der Waals surface area contributed by atoms with Crippen LogP contribution in [0.15, 0.2) is 48.2 Å². The Morgan fingerprint density at radius 2 is 1.80 bits per heavy atom. The van der Waals surface area contributed by atoms with E-state index in [0.717, 1.165) is 24.3 Å². The Balaban J connectivity index is 1.74. The number of nitrogens with zero attached hydrogens (tertiary/aromatic N) is 1. The van der Waals surface area contributed by atoms with Crippen molar-refractivity contribution in [1.82, 2.24) is 0 Å². The number of allylic oxidation sites excluding steroid dienone is 1. The molecule has 0 radical (unpaired) electrons. The lowest BCUT2D eigenvalue weighted by Gasteiger charge is -2.20. The molecule has 0 bridgehead atoms. The van der Waals surface area contributed by atoms with Gasteiger partial charge in [0, 0.05) is 24.8 Å². The molecule has 1 heterocycles. The average molecular weight is 409 g/mol. The van der Waals surface area contributed by atoms with Crippen molar-refractivity contribution in [2.24, 2.45) is 0 Å². The van der Waals surface area contributed by atoms with E-state index in [1.165, 1.54) is 0 Å². The van der Waals surface area contributed by atoms with Crippen LogP contribution >= 0.6 is 0 Å². The SMILES string of the molecule is CCOC(=O)C(C)Oc1ccc2c(c1)O/C(=C\c1ccc(N(CC)CC)cc1)C2=O. The summed E-state index contributed by atoms with van der Waals surface area (Å²) in [6.45, 7) is 9.76. The number of fused-ring (bicyclic) bond motifs is 1. The van der Waals surface area contributed by atoms with Crippen LogP contribution in [0.25, 0.3) is 6.08 Å². The second kappa shape index (κ2) is 9.48. The third kappa shape index (κ3) is 4.64. The third-order valence-electron chi connectivity index (χ3n) is 4.89. The first kappa shape index (κ1) is 21.4. The topological polar surface area (TPSA) is 65.1 Å². The van der Waals surface area contributed by atoms with Gasteiger partial charge in [-0.15, -0.1) is 0 Å². The van der Waals surface area contributed by atoms with E-state index in [2.05, 4.69) is 18.7 Å². The minimum absolute atomic E-state index is 0.178. The Kier molecular flexibility index (Phi) is 6.77. The van der Waals surface area contributed by atoms with E-state index in [-0.39, 0.29) is 11.5 Å². The minimum Gasteiger partial charge on any atom is -0.479 e. The minimum atomic E-state index is -0.751. The summed E-state index contributed by atoms with van der Waals surface area (Å²) in [5, 5.41) is 0. The van der Waals surface area contributed by atoms with Crippen molar-refractivity contribution in [2.75, 3.05) is 24.6 Å². The van der Waals surface area contributed by atoms with Crippen molar-refractivity contribution in [3.8, 4) is 11.5 Å². The number of Topliss-reactive ketones (excluding diaryl/α,β-unsaturated/α-hetero) is 1. The third-order valence-corrected chi connectivity index (χ3v) is 4.89. The number of rotatable bonds is 8. The Morgan fingerprint density at radius 1 is 1.10 bits per heavy atom. The molecule has 6 nitrogen and oxygen atoms in total. The normalized spacial score (nSPS) is 14.8. The molecule has 1 aliphatic heterocycles. The quantitative estimate of drug-likeness (QED) is 0.473. The summed E-state index contributed by atoms with van der Waals surface area (Å²) in [5.41, 5.74) is 2.49. The predicted molar refractivity (Wildman–Crippen MR) is 116 cm³/mol. The Morgan fingerprint density at radius 3 is 2.43 bits per heavy atom. The lowest BCUT2D eigenvalue weighted by atomic mass is 10.1. The van der Waals surface area contributed by atoms with Gasteiger partial charge in [0.25, 0.3) is 0 Å². The van der Waals surface area contributed by atoms with E-state index >= 15 is 0 Å². The van der Waals surface area contributed by atoms with Gasteiger partial charge in [-0.25, -0.2) is 4.79 Å². The number of hydrogen-bond donors (Lipinski definition) is 0. The molecule has 6 heteroatoms. The maximum atomic E-state index is 12.7. The van der Waals surface area contributed by atoms with Crippen molar-refractivity contribution in [3.05, 3.63) is 59.4 Å². The number of ether oxygens (including phenoxy) is 3. The number of esters is 1. The monoisotopic (exact) mass is 409 g/mol. The zero-order chi connectivity index (χ0) is 21.7. The zero-order valence-corrected chi connectivity index (χ0v) is 17.8. The number of benzene rings is 2. The van der Waals surface area contributed by atoms with Crippen LogP contribution in [0.4, 0.5) is 5.69 Å². The van der Waals surface area contributed by atoms with Gasteiger partial charge < -0.3 is 19.1 Å². The smallest absolute Gasteiger partial charge is 0.347 e. The van der Waals surface area contributed by atoms with Gasteiger partial charge >= 0.3 is 5.97 Å². The first-order chi connectivity index (χ1) is 14.5. The van der Waals surface area contributed by atoms with Crippen molar-refractivity contribution >= 4 is 23.5 Å². The van der Waals surface area contributed by atoms with Crippen LogP contribution in [0.5, 0.6) is 11.5 Å². The summed E-state index contributed by atoms with van der Waals surface area (Å²) >= 11 is 0. The lowest BCUT2D eigenvalue weighted by Crippen LogP contribution is -2.26. The molecule has 0 saturated heterocycles. The van der Waals surface area contributed by atoms with Crippen LogP contribution in [-0.2, 0) is 9.53 Å². The molecule has 2 aromatic rings. The highest BCUT2D eigenvalue weighted by molar-refractivity contribution is 6.14. The van der Waals surface area contributed by atoms with Gasteiger partial charge in [-0.05, 0) is 63.6 Å². The second-order valence-electron chi connectivity index (χ2n) is 6.87. The van der Waals surface area contributed by atoms with E-state index in [1.807, 2.05) is 24.3 Å². The van der Waals surface area contributed by atoms with Crippen LogP contribution < -0.4 is 14.4 Å². The molecule has 158 valence electrons. The number of anilines is 1. The van der Waals surface area contributed by atoms with Crippen molar-refractivity contribution < 1.29 is 23.8 Å². The average Bonchev–Trinajstić information content (AvgIpc) is 3.05. The van der Waals surface area contributed by atoms with E-state index in [9.17, 15) is 9.59 Å². The number of ketones is 1. The van der Waals surface area contributed by atoms with Crippen LogP contribution in [0.3, 0.4) is 0 Å². The molecule has 3 rings (SSSR count). The first-order valence-electron chi connectivity index (χ1n) is 10.2. The summed E-state index contributed by atoms with van der Waals surface area (Å²) < 4.78 is 16.3. The molecule has 0 spiro atoms. The van der Waals surface area contributed by atoms with E-state index in [0.29, 0.717) is 23.7 Å². The molecule has 2 aromatic carbocycles. The van der Waals surface area contributed by atoms with Gasteiger partial charge in [0.1, 0.15) is 11.5 Å². The Labute approximate surface area is 177 Å². The molecule has 0 fully saturated rings. The lowest BCUT2D eigenvalue weighted by molar-refractivity contribution is -0.150. The highest BCUT2D eigenvalue weighted by Gasteiger charge is 2.28. The van der Waals surface area contributed by atoms with Gasteiger partial charge in [0.15, 0.2) is 11.9 Å². The number of hydrogen-bond acceptors (Lipinski definition) is 6. The molecule has 30 heavy (non-hydrogen) atoms. The molecule has 1 aliphatic rings. The fraction of sp³-hybridized carbons (Fsp3) is 0.333. The standard InChI is InChI=1S/C24H27NO5/c1-5-25(6-2)18-10-8-17(9-11-18)14-22-23(26)20-13-12-19(15-21(20)30-22)29-16(4)24(27)28-7-3/h8-16H,5-7H2,1-4H3/b22-14-. The fourth-order valence-electron chi connectivity index (χ4n) is 3.27. The number of carbonyl (C=O) groups excluding carboxylic acids is 2. The van der Waals surface area contributed by atoms with Gasteiger partial charge in [-0.3, -0.25) is 4.79 Å². The largest absolute Gasteiger partial charge is 0.479 e. The summed E-state index contributed by atoms with van der Waals surface area (Å²) in [7, 11) is 0. The van der Waals surface area contributed by atoms with Crippen LogP contribution in [0.1, 0.15) is 43.6 Å². The molecule has 0 N–H and O–H groups in total. The van der Waals surface area contributed by atoms with Gasteiger partial charge in [-0.2, -0.15) is 0 Å². The van der Waals surface area contributed by atoms with E-state index in [4.69, 9.17) is 14.2 Å². The summed E-state index contributed by atoms with van der Waals surface area (Å²) in [6, 6.07) is 12.9. The van der Waals surface area contributed by atoms with Gasteiger partial charge in [0.05, 0.1) is 12.2 Å². The fourth-order valence-corrected chi connectivity index (χ4v) is 3.27. The summed E-state index contributed by atoms with van der Waals surface area (Å²) in [4.78, 5) is 26.7. The second-order valence-corrected chi connectivity index (χ2v) is 6.87. The van der Waals surface area contributed by atoms with Crippen LogP contribution in [0.2, 0.25) is 0 Å². The molecule has 1 atom stereocenters. The summed E-state index contributed by atoms with van der Waals surface area (Å²) in [5.74, 6) is 0.495. The molecule has 1 unspecified atom stereocenters. The van der Waals surface area contributed by atoms with Gasteiger partial charge in [0.2, 0.25) is 5.78 Å². The molecule has 0 aliphatic carbocycles. The summed E-state index contributed by atoms with van der Waals surface area (Å²) in [6.07, 6.45) is 0.982. The predicted octanol–water partition coefficient (Wildman–Crippen LogP) is 4.48. The highest BCUT2D eigenvalue weighted by atomic mass is 16.6. The highest BCUT2D eigenvalue weighted by Crippen LogP contribution is 2.35. The zero-order valence-electron chi connectivity index (χ0n) is 17.8. The molecule has 0 saturated carbocycles. The Bertz CT molecular complexity index is 945. The van der Waals surface area contributed by atoms with Crippen LogP contribution in [0, 0.1) is 0 Å². The number of carbonyl (C=O) groups is 2. The van der Waals surface area contributed by atoms with Crippen molar-refractivity contribution in [1.29, 1.82) is 0 Å². The Hall–Kier alpha value is -3.28. The van der Waals surface area contributed by atoms with Gasteiger partial charge in [-0.1, -0.05) is 12.1 Å². The van der Waals surface area contributed by atoms with Crippen molar-refractivity contribution in [2.45, 2.75) is 33.8 Å². The van der Waals surface area contributed by atoms with Crippen LogP contribution in [-0.4, -0.2) is 37.6 Å². The first-order valence-corrected chi connectivity index (χ1v) is 10.2. The molecular weight excluding hydrogens is 382 g/mol. The van der Waals surface area contributed by atoms with E-state index in [1.54, 1.807) is 38.1 Å². The maximum Gasteiger partial charge on any atom is 0.347 e. The van der Waals surface area contributed by atoms with Crippen molar-refractivity contribution in [3.63, 3.8) is 0 Å². The molecule has 0 aromatic heterocycles. The molecule has 0 amide bonds. The molecular formula is C24H27NO5.